The molecule has 1 amide bonds. The lowest BCUT2D eigenvalue weighted by Crippen LogP contribution is -2.30. The van der Waals surface area contributed by atoms with Crippen LogP contribution in [0.25, 0.3) is 10.2 Å². The van der Waals surface area contributed by atoms with E-state index in [0.717, 1.165) is 5.56 Å². The normalized spacial score (nSPS) is 10.5. The number of aromatic nitrogens is 2. The Morgan fingerprint density at radius 1 is 1.33 bits per heavy atom. The summed E-state index contributed by atoms with van der Waals surface area (Å²) >= 11 is 1.17. The van der Waals surface area contributed by atoms with E-state index in [-0.39, 0.29) is 41.4 Å². The van der Waals surface area contributed by atoms with Crippen molar-refractivity contribution in [3.05, 3.63) is 50.5 Å². The molecule has 30 heavy (non-hydrogen) atoms. The fraction of sp³-hybridized carbons (Fsp3) is 0.350. The van der Waals surface area contributed by atoms with Crippen molar-refractivity contribution in [1.82, 2.24) is 15.0 Å². The van der Waals surface area contributed by atoms with Gasteiger partial charge in [0.2, 0.25) is 0 Å². The average molecular weight is 437 g/mol. The highest BCUT2D eigenvalue weighted by molar-refractivity contribution is 7.18. The van der Waals surface area contributed by atoms with Crippen LogP contribution < -0.4 is 16.4 Å². The molecule has 0 fully saturated rings. The summed E-state index contributed by atoms with van der Waals surface area (Å²) in [5.74, 6) is -1.12. The van der Waals surface area contributed by atoms with Gasteiger partial charge in [0.1, 0.15) is 27.4 Å². The highest BCUT2D eigenvalue weighted by Gasteiger charge is 2.24. The minimum atomic E-state index is -0.672. The molecule has 0 aliphatic heterocycles. The summed E-state index contributed by atoms with van der Waals surface area (Å²) in [6, 6.07) is 4.57. The van der Waals surface area contributed by atoms with E-state index in [1.54, 1.807) is 19.9 Å². The first-order chi connectivity index (χ1) is 14.3. The van der Waals surface area contributed by atoms with Crippen LogP contribution in [0.5, 0.6) is 0 Å². The van der Waals surface area contributed by atoms with Gasteiger partial charge in [0, 0.05) is 7.05 Å². The van der Waals surface area contributed by atoms with E-state index in [2.05, 4.69) is 15.8 Å². The fourth-order valence-electron chi connectivity index (χ4n) is 2.70. The Labute approximate surface area is 177 Å². The van der Waals surface area contributed by atoms with Gasteiger partial charge in [-0.15, -0.1) is 11.3 Å². The maximum absolute atomic E-state index is 14.4. The summed E-state index contributed by atoms with van der Waals surface area (Å²) in [5.41, 5.74) is 2.94. The topological polar surface area (TPSA) is 105 Å². The molecule has 0 aliphatic carbocycles. The standard InChI is InChI=1S/C18H19FN4O4S.C2H6/c1-9-4-5-12(11(19)8-9)21-16-13(17(25)22-27-7-6-24)14-15(18(26)23(16)3)28-10(2)20-14;1-2/h4-5,8,21,24H,6-7H2,1-3H3,(H,22,25);1-2H3. The van der Waals surface area contributed by atoms with Crippen LogP contribution in [0.15, 0.2) is 23.0 Å². The molecule has 0 unspecified atom stereocenters. The third kappa shape index (κ3) is 4.84. The van der Waals surface area contributed by atoms with Crippen molar-refractivity contribution in [3.8, 4) is 0 Å². The van der Waals surface area contributed by atoms with E-state index < -0.39 is 11.7 Å². The number of anilines is 2. The molecule has 1 aromatic carbocycles. The fourth-order valence-corrected chi connectivity index (χ4v) is 3.60. The zero-order valence-corrected chi connectivity index (χ0v) is 18.3. The number of hydrogen-bond acceptors (Lipinski definition) is 7. The van der Waals surface area contributed by atoms with Crippen molar-refractivity contribution in [1.29, 1.82) is 0 Å². The van der Waals surface area contributed by atoms with Gasteiger partial charge in [0.05, 0.1) is 23.9 Å². The van der Waals surface area contributed by atoms with Crippen LogP contribution in [0.2, 0.25) is 0 Å². The van der Waals surface area contributed by atoms with Crippen molar-refractivity contribution in [2.45, 2.75) is 27.7 Å². The number of hydroxylamine groups is 1. The van der Waals surface area contributed by atoms with Crippen LogP contribution >= 0.6 is 11.3 Å². The van der Waals surface area contributed by atoms with Crippen LogP contribution in [0.1, 0.15) is 34.8 Å². The lowest BCUT2D eigenvalue weighted by molar-refractivity contribution is 0.0169. The second-order valence-electron chi connectivity index (χ2n) is 6.11. The zero-order valence-electron chi connectivity index (χ0n) is 17.5. The molecule has 2 heterocycles. The molecule has 3 rings (SSSR count). The Morgan fingerprint density at radius 2 is 2.03 bits per heavy atom. The third-order valence-electron chi connectivity index (χ3n) is 4.00. The maximum Gasteiger partial charge on any atom is 0.280 e. The van der Waals surface area contributed by atoms with E-state index in [9.17, 15) is 14.0 Å². The number of aliphatic hydroxyl groups excluding tert-OH is 1. The molecular weight excluding hydrogens is 411 g/mol. The minimum Gasteiger partial charge on any atom is -0.394 e. The Balaban J connectivity index is 0.00000155. The van der Waals surface area contributed by atoms with Gasteiger partial charge >= 0.3 is 0 Å². The molecule has 2 aromatic heterocycles. The molecule has 0 saturated carbocycles. The smallest absolute Gasteiger partial charge is 0.280 e. The zero-order chi connectivity index (χ0) is 22.4. The number of thiazole rings is 1. The number of carbonyl (C=O) groups excluding carboxylic acids is 1. The van der Waals surface area contributed by atoms with Crippen molar-refractivity contribution in [2.75, 3.05) is 18.5 Å². The summed E-state index contributed by atoms with van der Waals surface area (Å²) in [6.07, 6.45) is 0. The summed E-state index contributed by atoms with van der Waals surface area (Å²) in [6.45, 7) is 7.09. The van der Waals surface area contributed by atoms with E-state index >= 15 is 0 Å². The second kappa shape index (κ2) is 10.3. The van der Waals surface area contributed by atoms with Gasteiger partial charge in [0.25, 0.3) is 11.5 Å². The highest BCUT2D eigenvalue weighted by atomic mass is 32.1. The number of benzene rings is 1. The Hall–Kier alpha value is -2.82. The van der Waals surface area contributed by atoms with E-state index in [1.165, 1.54) is 35.1 Å². The van der Waals surface area contributed by atoms with Crippen molar-refractivity contribution in [2.24, 2.45) is 7.05 Å². The van der Waals surface area contributed by atoms with Gasteiger partial charge in [0.15, 0.2) is 0 Å². The molecular formula is C20H25FN4O4S. The first kappa shape index (κ1) is 23.5. The Kier molecular flexibility index (Phi) is 8.04. The molecule has 0 saturated heterocycles. The third-order valence-corrected chi connectivity index (χ3v) is 4.96. The number of nitrogens with zero attached hydrogens (tertiary/aromatic N) is 2. The number of aliphatic hydroxyl groups is 1. The maximum atomic E-state index is 14.4. The molecule has 3 aromatic rings. The number of fused-ring (bicyclic) bond motifs is 1. The first-order valence-electron chi connectivity index (χ1n) is 9.39. The van der Waals surface area contributed by atoms with Crippen molar-refractivity contribution >= 4 is 39.0 Å². The second-order valence-corrected chi connectivity index (χ2v) is 7.31. The molecule has 8 nitrogen and oxygen atoms in total. The van der Waals surface area contributed by atoms with Gasteiger partial charge < -0.3 is 10.4 Å². The minimum absolute atomic E-state index is 0.0411. The quantitative estimate of drug-likeness (QED) is 0.405. The van der Waals surface area contributed by atoms with E-state index in [4.69, 9.17) is 9.94 Å². The number of aryl methyl sites for hydroxylation is 2. The van der Waals surface area contributed by atoms with Crippen LogP contribution in [0, 0.1) is 19.7 Å². The Morgan fingerprint density at radius 3 is 2.67 bits per heavy atom. The summed E-state index contributed by atoms with van der Waals surface area (Å²) in [4.78, 5) is 34.7. The molecule has 0 radical (unpaired) electrons. The van der Waals surface area contributed by atoms with Crippen LogP contribution in [0.3, 0.4) is 0 Å². The number of rotatable bonds is 6. The molecule has 162 valence electrons. The first-order valence-corrected chi connectivity index (χ1v) is 10.2. The van der Waals surface area contributed by atoms with E-state index in [0.29, 0.717) is 9.71 Å². The largest absolute Gasteiger partial charge is 0.394 e. The number of pyridine rings is 1. The van der Waals surface area contributed by atoms with Crippen LogP contribution in [-0.4, -0.2) is 33.8 Å². The monoisotopic (exact) mass is 436 g/mol. The molecule has 10 heteroatoms. The summed E-state index contributed by atoms with van der Waals surface area (Å²) < 4.78 is 15.9. The number of carbonyl (C=O) groups is 1. The molecule has 3 N–H and O–H groups in total. The number of amides is 1. The predicted octanol–water partition coefficient (Wildman–Crippen LogP) is 3.17. The van der Waals surface area contributed by atoms with Crippen molar-refractivity contribution in [3.63, 3.8) is 0 Å². The van der Waals surface area contributed by atoms with Gasteiger partial charge in [-0.2, -0.15) is 0 Å². The van der Waals surface area contributed by atoms with Crippen LogP contribution in [0.4, 0.5) is 15.9 Å². The molecule has 0 atom stereocenters. The van der Waals surface area contributed by atoms with E-state index in [1.807, 2.05) is 13.8 Å². The Bertz CT molecular complexity index is 1110. The highest BCUT2D eigenvalue weighted by Crippen LogP contribution is 2.29. The number of hydrogen-bond donors (Lipinski definition) is 3. The SMILES string of the molecule is CC.Cc1ccc(Nc2c(C(=O)NOCCO)c3nc(C)sc3c(=O)n2C)c(F)c1. The summed E-state index contributed by atoms with van der Waals surface area (Å²) in [5, 5.41) is 12.3. The predicted molar refractivity (Wildman–Crippen MR) is 116 cm³/mol. The molecule has 0 spiro atoms. The van der Waals surface area contributed by atoms with Crippen LogP contribution in [-0.2, 0) is 11.9 Å². The van der Waals surface area contributed by atoms with Gasteiger partial charge in [-0.1, -0.05) is 19.9 Å². The summed E-state index contributed by atoms with van der Waals surface area (Å²) in [7, 11) is 1.48. The molecule has 0 bridgehead atoms. The number of nitrogens with one attached hydrogen (secondary N) is 2. The van der Waals surface area contributed by atoms with Gasteiger partial charge in [-0.05, 0) is 31.5 Å². The number of halogens is 1. The van der Waals surface area contributed by atoms with Crippen molar-refractivity contribution < 1.29 is 19.1 Å². The van der Waals surface area contributed by atoms with Gasteiger partial charge in [-0.3, -0.25) is 19.0 Å². The lowest BCUT2D eigenvalue weighted by Gasteiger charge is -2.17. The lowest BCUT2D eigenvalue weighted by atomic mass is 10.1. The molecule has 0 aliphatic rings. The van der Waals surface area contributed by atoms with Gasteiger partial charge in [-0.25, -0.2) is 14.9 Å². The average Bonchev–Trinajstić information content (AvgIpc) is 3.10.